The second kappa shape index (κ2) is 9.71. The number of esters is 2. The van der Waals surface area contributed by atoms with Gasteiger partial charge in [0.1, 0.15) is 0 Å². The summed E-state index contributed by atoms with van der Waals surface area (Å²) in [6.45, 7) is 4.43. The van der Waals surface area contributed by atoms with Gasteiger partial charge in [-0.3, -0.25) is 4.79 Å². The Balaban J connectivity index is 2.79. The lowest BCUT2D eigenvalue weighted by Gasteiger charge is -2.08. The van der Waals surface area contributed by atoms with Crippen LogP contribution in [0, 0.1) is 0 Å². The number of carbonyl (C=O) groups excluding carboxylic acids is 3. The Bertz CT molecular complexity index is 522. The molecular weight excluding hydrogens is 284 g/mol. The van der Waals surface area contributed by atoms with Crippen LogP contribution in [0.25, 0.3) is 0 Å². The van der Waals surface area contributed by atoms with Gasteiger partial charge in [0.05, 0.1) is 18.8 Å². The summed E-state index contributed by atoms with van der Waals surface area (Å²) in [6, 6.07) is 6.12. The summed E-state index contributed by atoms with van der Waals surface area (Å²) in [6.07, 6.45) is 3.21. The molecule has 0 bridgehead atoms. The molecule has 1 aromatic carbocycles. The molecule has 0 N–H and O–H groups in total. The Labute approximate surface area is 130 Å². The van der Waals surface area contributed by atoms with Crippen molar-refractivity contribution in [2.24, 2.45) is 0 Å². The van der Waals surface area contributed by atoms with Gasteiger partial charge in [-0.2, -0.15) is 0 Å². The van der Waals surface area contributed by atoms with Gasteiger partial charge in [0.25, 0.3) is 5.78 Å². The molecule has 0 saturated carbocycles. The topological polar surface area (TPSA) is 69.7 Å². The van der Waals surface area contributed by atoms with Crippen molar-refractivity contribution in [1.82, 2.24) is 0 Å². The highest BCUT2D eigenvalue weighted by molar-refractivity contribution is 6.41. The molecule has 0 saturated heterocycles. The average Bonchev–Trinajstić information content (AvgIpc) is 2.54. The summed E-state index contributed by atoms with van der Waals surface area (Å²) in [5, 5.41) is 0. The number of Topliss-reactive ketones (excluding diaryl/α,β-unsaturated/α-hetero) is 1. The molecule has 0 amide bonds. The normalized spacial score (nSPS) is 10.1. The summed E-state index contributed by atoms with van der Waals surface area (Å²) in [5.74, 6) is -2.36. The summed E-state index contributed by atoms with van der Waals surface area (Å²) < 4.78 is 9.99. The van der Waals surface area contributed by atoms with Crippen LogP contribution in [0.15, 0.2) is 24.3 Å². The van der Waals surface area contributed by atoms with Crippen LogP contribution in [-0.2, 0) is 14.3 Å². The second-order valence-electron chi connectivity index (χ2n) is 4.85. The standard InChI is InChI=1S/C17H22O5/c1-3-5-11-21-16(19)14-10-8-7-9-13(14)15(18)17(20)22-12-6-4-2/h7-10H,3-6,11-12H2,1-2H3. The Kier molecular flexibility index (Phi) is 7.89. The van der Waals surface area contributed by atoms with Crippen LogP contribution < -0.4 is 0 Å². The van der Waals surface area contributed by atoms with E-state index >= 15 is 0 Å². The molecule has 0 heterocycles. The van der Waals surface area contributed by atoms with Crippen LogP contribution in [-0.4, -0.2) is 30.9 Å². The fourth-order valence-electron chi connectivity index (χ4n) is 1.73. The number of unbranched alkanes of at least 4 members (excludes halogenated alkanes) is 2. The second-order valence-corrected chi connectivity index (χ2v) is 4.85. The maximum absolute atomic E-state index is 12.1. The van der Waals surface area contributed by atoms with E-state index in [1.807, 2.05) is 13.8 Å². The molecule has 22 heavy (non-hydrogen) atoms. The number of carbonyl (C=O) groups is 3. The quantitative estimate of drug-likeness (QED) is 0.303. The van der Waals surface area contributed by atoms with Crippen LogP contribution in [0.2, 0.25) is 0 Å². The molecule has 1 rings (SSSR count). The Morgan fingerprint density at radius 3 is 2.00 bits per heavy atom. The Morgan fingerprint density at radius 2 is 1.41 bits per heavy atom. The monoisotopic (exact) mass is 306 g/mol. The first kappa shape index (κ1) is 17.9. The van der Waals surface area contributed by atoms with Crippen LogP contribution in [0.4, 0.5) is 0 Å². The fourth-order valence-corrected chi connectivity index (χ4v) is 1.73. The van der Waals surface area contributed by atoms with Crippen molar-refractivity contribution in [2.75, 3.05) is 13.2 Å². The number of hydrogen-bond donors (Lipinski definition) is 0. The average molecular weight is 306 g/mol. The zero-order valence-corrected chi connectivity index (χ0v) is 13.1. The maximum Gasteiger partial charge on any atom is 0.379 e. The smallest absolute Gasteiger partial charge is 0.379 e. The third kappa shape index (κ3) is 5.31. The maximum atomic E-state index is 12.1. The first-order valence-electron chi connectivity index (χ1n) is 7.59. The molecule has 0 aliphatic rings. The number of ether oxygens (including phenoxy) is 2. The van der Waals surface area contributed by atoms with Gasteiger partial charge >= 0.3 is 11.9 Å². The molecule has 0 aliphatic carbocycles. The van der Waals surface area contributed by atoms with Gasteiger partial charge in [-0.05, 0) is 25.0 Å². The third-order valence-corrected chi connectivity index (χ3v) is 3.04. The van der Waals surface area contributed by atoms with Gasteiger partial charge in [-0.15, -0.1) is 0 Å². The fraction of sp³-hybridized carbons (Fsp3) is 0.471. The molecular formula is C17H22O5. The van der Waals surface area contributed by atoms with E-state index in [-0.39, 0.29) is 17.7 Å². The van der Waals surface area contributed by atoms with Gasteiger partial charge < -0.3 is 9.47 Å². The van der Waals surface area contributed by atoms with Crippen LogP contribution >= 0.6 is 0 Å². The van der Waals surface area contributed by atoms with E-state index in [9.17, 15) is 14.4 Å². The van der Waals surface area contributed by atoms with Crippen molar-refractivity contribution >= 4 is 17.7 Å². The summed E-state index contributed by atoms with van der Waals surface area (Å²) in [7, 11) is 0. The molecule has 0 aromatic heterocycles. The number of benzene rings is 1. The first-order chi connectivity index (χ1) is 10.6. The minimum atomic E-state index is -0.942. The lowest BCUT2D eigenvalue weighted by molar-refractivity contribution is -0.138. The molecule has 5 heteroatoms. The minimum Gasteiger partial charge on any atom is -0.462 e. The molecule has 5 nitrogen and oxygen atoms in total. The predicted octanol–water partition coefficient (Wildman–Crippen LogP) is 3.17. The summed E-state index contributed by atoms with van der Waals surface area (Å²) >= 11 is 0. The minimum absolute atomic E-state index is 0.0190. The van der Waals surface area contributed by atoms with Crippen molar-refractivity contribution in [1.29, 1.82) is 0 Å². The zero-order chi connectivity index (χ0) is 16.4. The SMILES string of the molecule is CCCCOC(=O)C(=O)c1ccccc1C(=O)OCCCC. The van der Waals surface area contributed by atoms with Crippen molar-refractivity contribution < 1.29 is 23.9 Å². The van der Waals surface area contributed by atoms with Gasteiger partial charge in [-0.1, -0.05) is 38.8 Å². The highest BCUT2D eigenvalue weighted by Crippen LogP contribution is 2.12. The van der Waals surface area contributed by atoms with E-state index in [2.05, 4.69) is 0 Å². The van der Waals surface area contributed by atoms with E-state index in [0.717, 1.165) is 19.3 Å². The van der Waals surface area contributed by atoms with E-state index in [1.165, 1.54) is 12.1 Å². The Morgan fingerprint density at radius 1 is 0.864 bits per heavy atom. The molecule has 1 aromatic rings. The zero-order valence-electron chi connectivity index (χ0n) is 13.1. The molecule has 0 aliphatic heterocycles. The lowest BCUT2D eigenvalue weighted by atomic mass is 10.0. The van der Waals surface area contributed by atoms with Crippen LogP contribution in [0.1, 0.15) is 60.2 Å². The number of rotatable bonds is 9. The van der Waals surface area contributed by atoms with Gasteiger partial charge in [0.15, 0.2) is 0 Å². The number of ketones is 1. The van der Waals surface area contributed by atoms with Crippen molar-refractivity contribution in [2.45, 2.75) is 39.5 Å². The third-order valence-electron chi connectivity index (χ3n) is 3.04. The van der Waals surface area contributed by atoms with Crippen molar-refractivity contribution in [3.63, 3.8) is 0 Å². The highest BCUT2D eigenvalue weighted by Gasteiger charge is 2.24. The van der Waals surface area contributed by atoms with Gasteiger partial charge in [0.2, 0.25) is 0 Å². The first-order valence-corrected chi connectivity index (χ1v) is 7.59. The molecule has 0 spiro atoms. The molecule has 0 unspecified atom stereocenters. The summed E-state index contributed by atoms with van der Waals surface area (Å²) in [5.41, 5.74) is 0.113. The molecule has 0 atom stereocenters. The molecule has 0 fully saturated rings. The van der Waals surface area contributed by atoms with E-state index in [4.69, 9.17) is 9.47 Å². The summed E-state index contributed by atoms with van der Waals surface area (Å²) in [4.78, 5) is 35.8. The number of hydrogen-bond acceptors (Lipinski definition) is 5. The van der Waals surface area contributed by atoms with Gasteiger partial charge in [0, 0.05) is 5.56 Å². The van der Waals surface area contributed by atoms with E-state index in [0.29, 0.717) is 13.0 Å². The van der Waals surface area contributed by atoms with Crippen molar-refractivity contribution in [3.8, 4) is 0 Å². The van der Waals surface area contributed by atoms with Crippen LogP contribution in [0.3, 0.4) is 0 Å². The molecule has 120 valence electrons. The Hall–Kier alpha value is -2.17. The molecule has 0 radical (unpaired) electrons. The highest BCUT2D eigenvalue weighted by atomic mass is 16.5. The largest absolute Gasteiger partial charge is 0.462 e. The predicted molar refractivity (Wildman–Crippen MR) is 81.8 cm³/mol. The van der Waals surface area contributed by atoms with Crippen molar-refractivity contribution in [3.05, 3.63) is 35.4 Å². The van der Waals surface area contributed by atoms with E-state index in [1.54, 1.807) is 12.1 Å². The van der Waals surface area contributed by atoms with E-state index < -0.39 is 17.7 Å². The lowest BCUT2D eigenvalue weighted by Crippen LogP contribution is -2.21. The van der Waals surface area contributed by atoms with Crippen LogP contribution in [0.5, 0.6) is 0 Å². The van der Waals surface area contributed by atoms with Gasteiger partial charge in [-0.25, -0.2) is 9.59 Å².